The number of aromatic nitrogens is 1. The lowest BCUT2D eigenvalue weighted by molar-refractivity contribution is 0.373. The SMILES string of the molecule is C.CC1C2NCCC2CN1S(=O)(=O)c1cccc2cncc(F)c12. The third kappa shape index (κ3) is 2.42. The molecule has 1 aromatic heterocycles. The van der Waals surface area contributed by atoms with Crippen LogP contribution >= 0.6 is 0 Å². The predicted molar refractivity (Wildman–Crippen MR) is 91.7 cm³/mol. The zero-order valence-corrected chi connectivity index (χ0v) is 13.6. The van der Waals surface area contributed by atoms with E-state index in [2.05, 4.69) is 10.3 Å². The molecule has 0 amide bonds. The molecule has 2 aromatic rings. The second-order valence-corrected chi connectivity index (χ2v) is 8.18. The number of hydrogen-bond donors (Lipinski definition) is 1. The van der Waals surface area contributed by atoms with Crippen molar-refractivity contribution in [3.05, 3.63) is 36.4 Å². The Bertz CT molecular complexity index is 866. The van der Waals surface area contributed by atoms with Crippen LogP contribution in [0.1, 0.15) is 20.8 Å². The van der Waals surface area contributed by atoms with Gasteiger partial charge in [0, 0.05) is 35.6 Å². The normalized spacial score (nSPS) is 27.2. The van der Waals surface area contributed by atoms with Crippen molar-refractivity contribution in [3.8, 4) is 0 Å². The maximum Gasteiger partial charge on any atom is 0.244 e. The summed E-state index contributed by atoms with van der Waals surface area (Å²) >= 11 is 0. The van der Waals surface area contributed by atoms with Crippen LogP contribution in [0.4, 0.5) is 4.39 Å². The lowest BCUT2D eigenvalue weighted by Crippen LogP contribution is -2.42. The molecular weight excluding hydrogens is 329 g/mol. The van der Waals surface area contributed by atoms with Crippen LogP contribution in [0.3, 0.4) is 0 Å². The summed E-state index contributed by atoms with van der Waals surface area (Å²) in [6.07, 6.45) is 3.53. The van der Waals surface area contributed by atoms with Crippen molar-refractivity contribution in [2.24, 2.45) is 5.92 Å². The highest BCUT2D eigenvalue weighted by Crippen LogP contribution is 2.36. The van der Waals surface area contributed by atoms with Crippen LogP contribution in [0, 0.1) is 11.7 Å². The van der Waals surface area contributed by atoms with Gasteiger partial charge >= 0.3 is 0 Å². The fourth-order valence-electron chi connectivity index (χ4n) is 3.94. The highest BCUT2D eigenvalue weighted by atomic mass is 32.2. The molecule has 5 nitrogen and oxygen atoms in total. The minimum atomic E-state index is -3.75. The Morgan fingerprint density at radius 1 is 1.33 bits per heavy atom. The molecule has 2 fully saturated rings. The Morgan fingerprint density at radius 2 is 2.12 bits per heavy atom. The van der Waals surface area contributed by atoms with Gasteiger partial charge in [-0.15, -0.1) is 0 Å². The Hall–Kier alpha value is -1.57. The van der Waals surface area contributed by atoms with E-state index in [0.29, 0.717) is 17.8 Å². The second-order valence-electron chi connectivity index (χ2n) is 6.32. The smallest absolute Gasteiger partial charge is 0.244 e. The van der Waals surface area contributed by atoms with Crippen LogP contribution in [0.5, 0.6) is 0 Å². The van der Waals surface area contributed by atoms with Crippen LogP contribution in [-0.4, -0.2) is 42.9 Å². The first kappa shape index (κ1) is 17.3. The third-order valence-electron chi connectivity index (χ3n) is 5.08. The molecule has 3 atom stereocenters. The summed E-state index contributed by atoms with van der Waals surface area (Å²) in [7, 11) is -3.75. The number of halogens is 1. The number of rotatable bonds is 2. The summed E-state index contributed by atoms with van der Waals surface area (Å²) < 4.78 is 42.1. The molecule has 0 aliphatic carbocycles. The molecule has 3 unspecified atom stereocenters. The molecule has 0 spiro atoms. The molecule has 0 bridgehead atoms. The summed E-state index contributed by atoms with van der Waals surface area (Å²) in [6.45, 7) is 3.34. The predicted octanol–water partition coefficient (Wildman–Crippen LogP) is 2.38. The third-order valence-corrected chi connectivity index (χ3v) is 7.07. The molecule has 0 saturated carbocycles. The Balaban J connectivity index is 0.00000169. The molecule has 130 valence electrons. The van der Waals surface area contributed by atoms with Gasteiger partial charge in [0.1, 0.15) is 0 Å². The van der Waals surface area contributed by atoms with Gasteiger partial charge in [0.25, 0.3) is 0 Å². The molecule has 1 N–H and O–H groups in total. The minimum Gasteiger partial charge on any atom is -0.312 e. The second kappa shape index (κ2) is 6.06. The van der Waals surface area contributed by atoms with Gasteiger partial charge < -0.3 is 5.32 Å². The van der Waals surface area contributed by atoms with Crippen LogP contribution in [-0.2, 0) is 10.0 Å². The highest BCUT2D eigenvalue weighted by Gasteiger charge is 2.47. The topological polar surface area (TPSA) is 62.3 Å². The first-order valence-electron chi connectivity index (χ1n) is 7.77. The summed E-state index contributed by atoms with van der Waals surface area (Å²) in [5, 5.41) is 4.00. The summed E-state index contributed by atoms with van der Waals surface area (Å²) in [5.41, 5.74) is 0. The van der Waals surface area contributed by atoms with Crippen molar-refractivity contribution in [3.63, 3.8) is 0 Å². The van der Waals surface area contributed by atoms with E-state index in [1.54, 1.807) is 12.1 Å². The maximum absolute atomic E-state index is 14.2. The van der Waals surface area contributed by atoms with Crippen molar-refractivity contribution in [1.29, 1.82) is 0 Å². The number of sulfonamides is 1. The fraction of sp³-hybridized carbons (Fsp3) is 0.471. The first-order chi connectivity index (χ1) is 11.0. The Kier molecular flexibility index (Phi) is 4.36. The lowest BCUT2D eigenvalue weighted by atomic mass is 10.0. The van der Waals surface area contributed by atoms with Gasteiger partial charge in [0.15, 0.2) is 5.82 Å². The van der Waals surface area contributed by atoms with Gasteiger partial charge in [-0.05, 0) is 31.9 Å². The van der Waals surface area contributed by atoms with Crippen molar-refractivity contribution in [2.75, 3.05) is 13.1 Å². The Labute approximate surface area is 141 Å². The maximum atomic E-state index is 14.2. The molecule has 2 aliphatic rings. The average Bonchev–Trinajstić information content (AvgIpc) is 3.11. The Morgan fingerprint density at radius 3 is 2.88 bits per heavy atom. The molecule has 24 heavy (non-hydrogen) atoms. The summed E-state index contributed by atoms with van der Waals surface area (Å²) in [4.78, 5) is 3.83. The molecule has 7 heteroatoms. The number of pyridine rings is 1. The van der Waals surface area contributed by atoms with E-state index in [1.807, 2.05) is 6.92 Å². The van der Waals surface area contributed by atoms with Crippen LogP contribution < -0.4 is 5.32 Å². The van der Waals surface area contributed by atoms with Crippen LogP contribution in [0.25, 0.3) is 10.8 Å². The van der Waals surface area contributed by atoms with E-state index in [-0.39, 0.29) is 29.8 Å². The van der Waals surface area contributed by atoms with Crippen molar-refractivity contribution in [1.82, 2.24) is 14.6 Å². The van der Waals surface area contributed by atoms with Gasteiger partial charge in [-0.25, -0.2) is 12.8 Å². The largest absolute Gasteiger partial charge is 0.312 e. The van der Waals surface area contributed by atoms with E-state index in [4.69, 9.17) is 0 Å². The molecule has 2 aliphatic heterocycles. The van der Waals surface area contributed by atoms with Gasteiger partial charge in [-0.2, -0.15) is 4.31 Å². The standard InChI is InChI=1S/C16H18FN3O2S.CH4/c1-10-16-12(5-6-19-16)9-20(10)23(21,22)14-4-2-3-11-7-18-8-13(17)15(11)14;/h2-4,7-8,10,12,16,19H,5-6,9H2,1H3;1H4. The molecule has 3 heterocycles. The van der Waals surface area contributed by atoms with Crippen LogP contribution in [0.15, 0.2) is 35.5 Å². The van der Waals surface area contributed by atoms with Gasteiger partial charge in [0.2, 0.25) is 10.0 Å². The summed E-state index contributed by atoms with van der Waals surface area (Å²) in [5.74, 6) is -0.270. The van der Waals surface area contributed by atoms with Crippen molar-refractivity contribution >= 4 is 20.8 Å². The highest BCUT2D eigenvalue weighted by molar-refractivity contribution is 7.89. The van der Waals surface area contributed by atoms with E-state index < -0.39 is 15.8 Å². The molecule has 2 saturated heterocycles. The van der Waals surface area contributed by atoms with Crippen molar-refractivity contribution in [2.45, 2.75) is 37.8 Å². The summed E-state index contributed by atoms with van der Waals surface area (Å²) in [6, 6.07) is 4.85. The number of benzene rings is 1. The van der Waals surface area contributed by atoms with Gasteiger partial charge in [0.05, 0.1) is 11.1 Å². The number of nitrogens with zero attached hydrogens (tertiary/aromatic N) is 2. The number of hydrogen-bond acceptors (Lipinski definition) is 4. The quantitative estimate of drug-likeness (QED) is 0.902. The molecular formula is C17H22FN3O2S. The van der Waals surface area contributed by atoms with E-state index in [9.17, 15) is 12.8 Å². The van der Waals surface area contributed by atoms with E-state index in [1.165, 1.54) is 16.6 Å². The van der Waals surface area contributed by atoms with Crippen molar-refractivity contribution < 1.29 is 12.8 Å². The number of fused-ring (bicyclic) bond motifs is 2. The molecule has 1 aromatic carbocycles. The average molecular weight is 351 g/mol. The molecule has 0 radical (unpaired) electrons. The minimum absolute atomic E-state index is 0. The fourth-order valence-corrected chi connectivity index (χ4v) is 5.88. The number of nitrogens with one attached hydrogen (secondary N) is 1. The zero-order chi connectivity index (χ0) is 16.2. The zero-order valence-electron chi connectivity index (χ0n) is 12.7. The monoisotopic (exact) mass is 351 g/mol. The molecule has 4 rings (SSSR count). The van der Waals surface area contributed by atoms with Crippen LogP contribution in [0.2, 0.25) is 0 Å². The van der Waals surface area contributed by atoms with Gasteiger partial charge in [-0.3, -0.25) is 4.98 Å². The van der Waals surface area contributed by atoms with Gasteiger partial charge in [-0.1, -0.05) is 19.6 Å². The lowest BCUT2D eigenvalue weighted by Gasteiger charge is -2.24. The van der Waals surface area contributed by atoms with E-state index in [0.717, 1.165) is 19.2 Å². The van der Waals surface area contributed by atoms with E-state index >= 15 is 0 Å². The first-order valence-corrected chi connectivity index (χ1v) is 9.21.